The van der Waals surface area contributed by atoms with Crippen LogP contribution in [-0.4, -0.2) is 77.2 Å². The molecule has 0 aliphatic rings. The minimum atomic E-state index is -9.17. The smallest absolute Gasteiger partial charge is 0.460 e. The lowest BCUT2D eigenvalue weighted by Gasteiger charge is -2.44. The Bertz CT molecular complexity index is 1260. The quantitative estimate of drug-likeness (QED) is 0.113. The van der Waals surface area contributed by atoms with Gasteiger partial charge in [0.05, 0.1) is 12.2 Å². The predicted molar refractivity (Wildman–Crippen MR) is 122 cm³/mol. The highest BCUT2D eigenvalue weighted by Crippen LogP contribution is 2.66. The van der Waals surface area contributed by atoms with Gasteiger partial charge in [0, 0.05) is 6.42 Å². The molecule has 0 spiro atoms. The fourth-order valence-electron chi connectivity index (χ4n) is 3.79. The molecule has 0 unspecified atom stereocenters. The first kappa shape index (κ1) is 44.0. The first-order valence-corrected chi connectivity index (χ1v) is 13.1. The highest BCUT2D eigenvalue weighted by Gasteiger charge is 2.97. The number of aromatic carboxylic acids is 1. The zero-order chi connectivity index (χ0) is 38.9. The summed E-state index contributed by atoms with van der Waals surface area (Å²) in [5.41, 5.74) is -0.0578. The highest BCUT2D eigenvalue weighted by atomic mass is 19.4. The number of ether oxygens (including phenoxy) is 1. The number of hydrogen-bond acceptors (Lipinski definition) is 2. The summed E-state index contributed by atoms with van der Waals surface area (Å²) in [7, 11) is 0. The normalized spacial score (nSPS) is 15.0. The lowest BCUT2D eigenvalue weighted by Crippen LogP contribution is -2.76. The Labute approximate surface area is 260 Å². The minimum absolute atomic E-state index is 0.0119. The Balaban J connectivity index is 2.98. The van der Waals surface area contributed by atoms with Crippen LogP contribution >= 0.6 is 0 Å². The summed E-state index contributed by atoms with van der Waals surface area (Å²) in [6.45, 7) is 0.0119. The molecular formula is C25H21F21O3. The van der Waals surface area contributed by atoms with Gasteiger partial charge in [-0.25, -0.2) is 4.79 Å². The van der Waals surface area contributed by atoms with Gasteiger partial charge in [-0.2, -0.15) is 92.2 Å². The molecule has 1 rings (SSSR count). The summed E-state index contributed by atoms with van der Waals surface area (Å²) in [6, 6.07) is 5.03. The van der Waals surface area contributed by atoms with E-state index in [1.165, 1.54) is 24.3 Å². The number of rotatable bonds is 19. The Morgan fingerprint density at radius 1 is 0.469 bits per heavy atom. The molecule has 1 aromatic rings. The summed E-state index contributed by atoms with van der Waals surface area (Å²) in [4.78, 5) is 10.8. The van der Waals surface area contributed by atoms with E-state index in [1.54, 1.807) is 0 Å². The second-order valence-corrected chi connectivity index (χ2v) is 10.3. The zero-order valence-electron chi connectivity index (χ0n) is 23.7. The van der Waals surface area contributed by atoms with Crippen LogP contribution in [0.4, 0.5) is 92.2 Å². The van der Waals surface area contributed by atoms with Gasteiger partial charge in [0.25, 0.3) is 0 Å². The molecule has 0 aromatic heterocycles. The molecule has 49 heavy (non-hydrogen) atoms. The molecule has 0 radical (unpaired) electrons. The van der Waals surface area contributed by atoms with E-state index in [2.05, 4.69) is 0 Å². The Hall–Kier alpha value is -2.98. The van der Waals surface area contributed by atoms with Gasteiger partial charge in [-0.05, 0) is 37.1 Å². The van der Waals surface area contributed by atoms with Crippen LogP contribution in [0.1, 0.15) is 55.3 Å². The van der Waals surface area contributed by atoms with Crippen molar-refractivity contribution in [3.05, 3.63) is 29.8 Å². The van der Waals surface area contributed by atoms with Crippen molar-refractivity contribution in [3.63, 3.8) is 0 Å². The van der Waals surface area contributed by atoms with Gasteiger partial charge in [0.1, 0.15) is 5.75 Å². The van der Waals surface area contributed by atoms with E-state index in [-0.39, 0.29) is 43.6 Å². The van der Waals surface area contributed by atoms with E-state index in [4.69, 9.17) is 9.84 Å². The predicted octanol–water partition coefficient (Wildman–Crippen LogP) is 10.8. The van der Waals surface area contributed by atoms with Crippen molar-refractivity contribution in [1.82, 2.24) is 0 Å². The van der Waals surface area contributed by atoms with Crippen LogP contribution < -0.4 is 4.74 Å². The second-order valence-electron chi connectivity index (χ2n) is 10.3. The SMILES string of the molecule is O=C(O)c1ccc(OCCCCCCCCC(F)(F)C(F)(F)C(F)(F)C(F)(F)C(F)(F)C(F)(F)C(F)(F)C(F)(F)C(F)(F)C(F)(F)F)cc1. The van der Waals surface area contributed by atoms with Crippen LogP contribution in [0.25, 0.3) is 0 Å². The van der Waals surface area contributed by atoms with Gasteiger partial charge in [-0.15, -0.1) is 0 Å². The third-order valence-electron chi connectivity index (χ3n) is 6.83. The first-order valence-electron chi connectivity index (χ1n) is 13.1. The van der Waals surface area contributed by atoms with Gasteiger partial charge in [-0.3, -0.25) is 0 Å². The highest BCUT2D eigenvalue weighted by molar-refractivity contribution is 5.87. The lowest BCUT2D eigenvalue weighted by atomic mass is 9.85. The number of carbonyl (C=O) groups is 1. The molecule has 24 heteroatoms. The molecule has 0 aliphatic heterocycles. The fraction of sp³-hybridized carbons (Fsp3) is 0.720. The van der Waals surface area contributed by atoms with Gasteiger partial charge in [0.15, 0.2) is 0 Å². The van der Waals surface area contributed by atoms with E-state index in [1.807, 2.05) is 0 Å². The van der Waals surface area contributed by atoms with E-state index in [0.29, 0.717) is 0 Å². The van der Waals surface area contributed by atoms with Crippen molar-refractivity contribution in [1.29, 1.82) is 0 Å². The minimum Gasteiger partial charge on any atom is -0.494 e. The molecule has 0 fully saturated rings. The molecule has 0 atom stereocenters. The van der Waals surface area contributed by atoms with Crippen LogP contribution in [0.5, 0.6) is 5.75 Å². The van der Waals surface area contributed by atoms with Crippen molar-refractivity contribution < 1.29 is 107 Å². The fourth-order valence-corrected chi connectivity index (χ4v) is 3.79. The number of alkyl halides is 21. The van der Waals surface area contributed by atoms with E-state index >= 15 is 0 Å². The lowest BCUT2D eigenvalue weighted by molar-refractivity contribution is -0.474. The summed E-state index contributed by atoms with van der Waals surface area (Å²) in [6.07, 6.45) is -12.1. The average molecular weight is 768 g/mol. The molecule has 1 aromatic carbocycles. The number of hydrogen-bond donors (Lipinski definition) is 1. The number of carboxylic acid groups (broad SMARTS) is 1. The molecule has 286 valence electrons. The molecule has 0 saturated carbocycles. The topological polar surface area (TPSA) is 46.5 Å². The van der Waals surface area contributed by atoms with E-state index in [0.717, 1.165) is 0 Å². The molecule has 1 N–H and O–H groups in total. The van der Waals surface area contributed by atoms with Gasteiger partial charge < -0.3 is 9.84 Å². The van der Waals surface area contributed by atoms with Crippen molar-refractivity contribution in [2.45, 2.75) is 104 Å². The Morgan fingerprint density at radius 3 is 1.16 bits per heavy atom. The van der Waals surface area contributed by atoms with Gasteiger partial charge in [0.2, 0.25) is 0 Å². The molecule has 0 amide bonds. The van der Waals surface area contributed by atoms with E-state index in [9.17, 15) is 97.0 Å². The summed E-state index contributed by atoms with van der Waals surface area (Å²) < 4.78 is 287. The van der Waals surface area contributed by atoms with Crippen LogP contribution in [0.3, 0.4) is 0 Å². The maximum Gasteiger partial charge on any atom is 0.460 e. The monoisotopic (exact) mass is 768 g/mol. The average Bonchev–Trinajstić information content (AvgIpc) is 2.94. The molecule has 0 heterocycles. The number of carboxylic acids is 1. The third kappa shape index (κ3) is 7.55. The van der Waals surface area contributed by atoms with Crippen LogP contribution in [0, 0.1) is 0 Å². The molecule has 3 nitrogen and oxygen atoms in total. The summed E-state index contributed by atoms with van der Waals surface area (Å²) >= 11 is 0. The number of benzene rings is 1. The summed E-state index contributed by atoms with van der Waals surface area (Å²) in [5, 5.41) is 8.78. The standard InChI is InChI=1S/C25H21F21O3/c26-16(27,11-5-3-1-2-4-6-12-49-14-9-7-13(8-10-14)15(47)48)17(28,29)18(30,31)19(32,33)20(34,35)21(36,37)22(38,39)23(40,41)24(42,43)25(44,45)46/h7-10H,1-6,11-12H2,(H,47,48). The van der Waals surface area contributed by atoms with Crippen molar-refractivity contribution >= 4 is 5.97 Å². The number of unbranched alkanes of at least 4 members (excludes halogenated alkanes) is 5. The Kier molecular flexibility index (Phi) is 12.6. The second kappa shape index (κ2) is 14.0. The molecule has 0 bridgehead atoms. The zero-order valence-corrected chi connectivity index (χ0v) is 23.7. The Morgan fingerprint density at radius 2 is 0.796 bits per heavy atom. The summed E-state index contributed by atoms with van der Waals surface area (Å²) in [5.74, 6) is -77.7. The van der Waals surface area contributed by atoms with Crippen molar-refractivity contribution in [2.75, 3.05) is 6.61 Å². The maximum absolute atomic E-state index is 14.0. The third-order valence-corrected chi connectivity index (χ3v) is 6.83. The maximum atomic E-state index is 14.0. The molecule has 0 saturated heterocycles. The van der Waals surface area contributed by atoms with Crippen molar-refractivity contribution in [3.8, 4) is 5.75 Å². The van der Waals surface area contributed by atoms with E-state index < -0.39 is 84.7 Å². The molecular weight excluding hydrogens is 747 g/mol. The largest absolute Gasteiger partial charge is 0.494 e. The van der Waals surface area contributed by atoms with Crippen LogP contribution in [0.15, 0.2) is 24.3 Å². The van der Waals surface area contributed by atoms with Gasteiger partial charge in [-0.1, -0.05) is 25.7 Å². The van der Waals surface area contributed by atoms with Crippen molar-refractivity contribution in [2.24, 2.45) is 0 Å². The first-order chi connectivity index (χ1) is 21.6. The number of halogens is 21. The molecule has 0 aliphatic carbocycles. The van der Waals surface area contributed by atoms with Gasteiger partial charge >= 0.3 is 65.4 Å². The van der Waals surface area contributed by atoms with Crippen LogP contribution in [-0.2, 0) is 0 Å². The van der Waals surface area contributed by atoms with Crippen LogP contribution in [0.2, 0.25) is 0 Å².